The van der Waals surface area contributed by atoms with Crippen LogP contribution in [0.4, 0.5) is 0 Å². The maximum Gasteiger partial charge on any atom is 0.283 e. The van der Waals surface area contributed by atoms with Gasteiger partial charge < -0.3 is 14.1 Å². The third-order valence-electron chi connectivity index (χ3n) is 4.57. The Bertz CT molecular complexity index is 1100. The number of halogens is 1. The second kappa shape index (κ2) is 7.60. The number of rotatable bonds is 5. The molecule has 0 saturated heterocycles. The lowest BCUT2D eigenvalue weighted by molar-refractivity contribution is -0.114. The van der Waals surface area contributed by atoms with Crippen LogP contribution in [0, 0.1) is 12.3 Å². The van der Waals surface area contributed by atoms with E-state index in [-0.39, 0.29) is 11.4 Å². The Labute approximate surface area is 173 Å². The number of hydroxylamine groups is 2. The number of amides is 1. The van der Waals surface area contributed by atoms with E-state index in [4.69, 9.17) is 26.6 Å². The van der Waals surface area contributed by atoms with E-state index in [0.717, 1.165) is 17.0 Å². The summed E-state index contributed by atoms with van der Waals surface area (Å²) >= 11 is 6.04. The lowest BCUT2D eigenvalue weighted by atomic mass is 10.1. The summed E-state index contributed by atoms with van der Waals surface area (Å²) in [6.07, 6.45) is 5.17. The molecule has 4 rings (SSSR count). The number of amidine groups is 2. The molecule has 0 spiro atoms. The summed E-state index contributed by atoms with van der Waals surface area (Å²) in [6, 6.07) is 9.28. The smallest absolute Gasteiger partial charge is 0.283 e. The van der Waals surface area contributed by atoms with Crippen LogP contribution in [-0.4, -0.2) is 33.8 Å². The molecular weight excluding hydrogens is 392 g/mol. The third-order valence-corrected chi connectivity index (χ3v) is 4.99. The average Bonchev–Trinajstić information content (AvgIpc) is 3.27. The maximum absolute atomic E-state index is 12.4. The number of aryl methyl sites for hydroxylation is 1. The number of nitrogens with one attached hydrogen (secondary N) is 1. The van der Waals surface area contributed by atoms with Crippen LogP contribution < -0.4 is 4.74 Å². The van der Waals surface area contributed by atoms with Crippen molar-refractivity contribution in [2.24, 2.45) is 4.99 Å². The van der Waals surface area contributed by atoms with Gasteiger partial charge in [-0.1, -0.05) is 11.6 Å². The first-order valence-corrected chi connectivity index (χ1v) is 9.44. The van der Waals surface area contributed by atoms with Crippen molar-refractivity contribution in [2.75, 3.05) is 6.61 Å². The Morgan fingerprint density at radius 3 is 2.93 bits per heavy atom. The highest BCUT2D eigenvalue weighted by Crippen LogP contribution is 2.24. The molecule has 1 amide bonds. The summed E-state index contributed by atoms with van der Waals surface area (Å²) in [5.74, 6) is 1.17. The number of carbonyl (C=O) groups excluding carboxylic acids is 1. The van der Waals surface area contributed by atoms with E-state index < -0.39 is 5.91 Å². The minimum atomic E-state index is -0.462. The van der Waals surface area contributed by atoms with Crippen LogP contribution >= 0.6 is 11.6 Å². The number of aromatic nitrogens is 1. The SMILES string of the molecule is CC1=CC2=NC(=O)/C(=C/c3cccn3CCOc3ccc(Cl)c(C)c3)C(=N)N2O1. The zero-order valence-electron chi connectivity index (χ0n) is 16.0. The molecule has 2 aliphatic rings. The van der Waals surface area contributed by atoms with Gasteiger partial charge in [-0.15, -0.1) is 5.06 Å². The molecule has 3 heterocycles. The number of carbonyl (C=O) groups is 1. The Morgan fingerprint density at radius 1 is 1.31 bits per heavy atom. The van der Waals surface area contributed by atoms with E-state index in [9.17, 15) is 4.79 Å². The highest BCUT2D eigenvalue weighted by atomic mass is 35.5. The minimum Gasteiger partial charge on any atom is -0.492 e. The van der Waals surface area contributed by atoms with Crippen LogP contribution in [-0.2, 0) is 16.2 Å². The lowest BCUT2D eigenvalue weighted by Crippen LogP contribution is -2.38. The van der Waals surface area contributed by atoms with Gasteiger partial charge >= 0.3 is 0 Å². The Kier molecular flexibility index (Phi) is 4.98. The van der Waals surface area contributed by atoms with Crippen LogP contribution in [0.3, 0.4) is 0 Å². The standard InChI is InChI=1S/C21H19ClN4O3/c1-13-10-16(5-6-18(13)22)28-9-8-25-7-3-4-15(25)12-17-20(23)26-19(24-21(17)27)11-14(2)29-26/h3-7,10-12,23H,8-9H2,1-2H3/b17-12+,23-20?. The molecule has 7 nitrogen and oxygen atoms in total. The summed E-state index contributed by atoms with van der Waals surface area (Å²) in [4.78, 5) is 21.8. The van der Waals surface area contributed by atoms with Crippen LogP contribution in [0.1, 0.15) is 18.2 Å². The van der Waals surface area contributed by atoms with Crippen molar-refractivity contribution in [1.29, 1.82) is 5.41 Å². The summed E-state index contributed by atoms with van der Waals surface area (Å²) in [5.41, 5.74) is 1.90. The molecule has 0 fully saturated rings. The number of benzene rings is 1. The Morgan fingerprint density at radius 2 is 2.14 bits per heavy atom. The molecule has 1 aromatic heterocycles. The fraction of sp³-hybridized carbons (Fsp3) is 0.190. The summed E-state index contributed by atoms with van der Waals surface area (Å²) < 4.78 is 7.75. The minimum absolute atomic E-state index is 0.0336. The second-order valence-electron chi connectivity index (χ2n) is 6.71. The number of fused-ring (bicyclic) bond motifs is 1. The molecular formula is C21H19ClN4O3. The number of allylic oxidation sites excluding steroid dienone is 1. The first kappa shape index (κ1) is 19.0. The fourth-order valence-electron chi connectivity index (χ4n) is 3.08. The molecule has 0 unspecified atom stereocenters. The van der Waals surface area contributed by atoms with Crippen LogP contribution in [0.25, 0.3) is 6.08 Å². The molecule has 0 radical (unpaired) electrons. The average molecular weight is 411 g/mol. The van der Waals surface area contributed by atoms with E-state index in [1.165, 1.54) is 5.06 Å². The zero-order valence-corrected chi connectivity index (χ0v) is 16.7. The molecule has 2 aromatic rings. The topological polar surface area (TPSA) is 79.9 Å². The van der Waals surface area contributed by atoms with Crippen molar-refractivity contribution in [1.82, 2.24) is 9.63 Å². The largest absolute Gasteiger partial charge is 0.492 e. The van der Waals surface area contributed by atoms with Crippen molar-refractivity contribution in [2.45, 2.75) is 20.4 Å². The van der Waals surface area contributed by atoms with Gasteiger partial charge in [-0.25, -0.2) is 0 Å². The Hall–Kier alpha value is -3.32. The normalized spacial score (nSPS) is 17.2. The molecule has 148 valence electrons. The molecule has 0 aliphatic carbocycles. The van der Waals surface area contributed by atoms with Crippen molar-refractivity contribution in [3.05, 3.63) is 70.2 Å². The first-order valence-electron chi connectivity index (χ1n) is 9.06. The molecule has 0 saturated carbocycles. The highest BCUT2D eigenvalue weighted by molar-refractivity contribution is 6.32. The van der Waals surface area contributed by atoms with E-state index >= 15 is 0 Å². The van der Waals surface area contributed by atoms with Gasteiger partial charge in [0.1, 0.15) is 18.1 Å². The van der Waals surface area contributed by atoms with Gasteiger partial charge in [-0.2, -0.15) is 4.99 Å². The predicted octanol–water partition coefficient (Wildman–Crippen LogP) is 3.98. The number of hydrogen-bond donors (Lipinski definition) is 1. The number of aliphatic imine (C=N–C) groups is 1. The third kappa shape index (κ3) is 3.82. The zero-order chi connectivity index (χ0) is 20.5. The number of ether oxygens (including phenoxy) is 1. The van der Waals surface area contributed by atoms with Gasteiger partial charge in [-0.3, -0.25) is 10.2 Å². The molecule has 1 aromatic carbocycles. The van der Waals surface area contributed by atoms with Crippen LogP contribution in [0.2, 0.25) is 5.02 Å². The summed E-state index contributed by atoms with van der Waals surface area (Å²) in [7, 11) is 0. The van der Waals surface area contributed by atoms with E-state index in [2.05, 4.69) is 4.99 Å². The molecule has 0 atom stereocenters. The monoisotopic (exact) mass is 410 g/mol. The van der Waals surface area contributed by atoms with Crippen molar-refractivity contribution < 1.29 is 14.4 Å². The number of hydrogen-bond acceptors (Lipinski definition) is 4. The maximum atomic E-state index is 12.4. The molecule has 1 N–H and O–H groups in total. The van der Waals surface area contributed by atoms with Crippen molar-refractivity contribution in [3.63, 3.8) is 0 Å². The molecule has 2 aliphatic heterocycles. The van der Waals surface area contributed by atoms with Crippen LogP contribution in [0.15, 0.2) is 58.9 Å². The van der Waals surface area contributed by atoms with Gasteiger partial charge in [-0.05, 0) is 55.8 Å². The second-order valence-corrected chi connectivity index (χ2v) is 7.12. The Balaban J connectivity index is 1.47. The lowest BCUT2D eigenvalue weighted by Gasteiger charge is -2.23. The van der Waals surface area contributed by atoms with E-state index in [1.54, 1.807) is 19.1 Å². The van der Waals surface area contributed by atoms with Crippen LogP contribution in [0.5, 0.6) is 5.75 Å². The van der Waals surface area contributed by atoms with Crippen molar-refractivity contribution in [3.8, 4) is 5.75 Å². The molecule has 0 bridgehead atoms. The van der Waals surface area contributed by atoms with Crippen molar-refractivity contribution >= 4 is 35.3 Å². The highest BCUT2D eigenvalue weighted by Gasteiger charge is 2.34. The summed E-state index contributed by atoms with van der Waals surface area (Å²) in [5, 5.41) is 10.3. The van der Waals surface area contributed by atoms with Gasteiger partial charge in [0.2, 0.25) is 0 Å². The molecule has 8 heteroatoms. The first-order chi connectivity index (χ1) is 13.9. The summed E-state index contributed by atoms with van der Waals surface area (Å²) in [6.45, 7) is 4.69. The number of nitrogens with zero attached hydrogens (tertiary/aromatic N) is 3. The predicted molar refractivity (Wildman–Crippen MR) is 111 cm³/mol. The van der Waals surface area contributed by atoms with Gasteiger partial charge in [0.05, 0.1) is 12.1 Å². The quantitative estimate of drug-likeness (QED) is 0.756. The molecule has 29 heavy (non-hydrogen) atoms. The van der Waals surface area contributed by atoms with E-state index in [0.29, 0.717) is 29.8 Å². The van der Waals surface area contributed by atoms with Gasteiger partial charge in [0, 0.05) is 23.0 Å². The van der Waals surface area contributed by atoms with Gasteiger partial charge in [0.15, 0.2) is 11.7 Å². The van der Waals surface area contributed by atoms with Gasteiger partial charge in [0.25, 0.3) is 5.91 Å². The van der Waals surface area contributed by atoms with E-state index in [1.807, 2.05) is 48.0 Å². The fourth-order valence-corrected chi connectivity index (χ4v) is 3.20.